The van der Waals surface area contributed by atoms with E-state index in [-0.39, 0.29) is 12.5 Å². The Bertz CT molecular complexity index is 1540. The Morgan fingerprint density at radius 1 is 0.658 bits per heavy atom. The monoisotopic (exact) mass is 528 g/mol. The minimum Gasteiger partial charge on any atom is -0.338 e. The molecule has 0 amide bonds. The van der Waals surface area contributed by atoms with Crippen LogP contribution in [0.25, 0.3) is 11.2 Å². The molecular weight excluding hydrogens is 510 g/mol. The quantitative estimate of drug-likeness (QED) is 0.225. The Labute approximate surface area is 212 Å². The normalized spacial score (nSPS) is 12.1. The molecule has 2 N–H and O–H groups in total. The summed E-state index contributed by atoms with van der Waals surface area (Å²) in [5.41, 5.74) is 0.858. The highest BCUT2D eigenvalue weighted by molar-refractivity contribution is 5.87. The van der Waals surface area contributed by atoms with Gasteiger partial charge in [0.15, 0.2) is 17.0 Å². The Balaban J connectivity index is 1.50. The summed E-state index contributed by atoms with van der Waals surface area (Å²) in [5, 5.41) is 6.07. The number of benzene rings is 3. The number of hydrogen-bond donors (Lipinski definition) is 2. The van der Waals surface area contributed by atoms with Gasteiger partial charge in [-0.1, -0.05) is 30.3 Å². The lowest BCUT2D eigenvalue weighted by atomic mass is 10.1. The summed E-state index contributed by atoms with van der Waals surface area (Å²) in [7, 11) is 0. The van der Waals surface area contributed by atoms with Crippen LogP contribution < -0.4 is 10.6 Å². The van der Waals surface area contributed by atoms with Crippen LogP contribution in [0.15, 0.2) is 85.2 Å². The highest BCUT2D eigenvalue weighted by Gasteiger charge is 2.30. The Morgan fingerprint density at radius 3 is 1.84 bits per heavy atom. The molecule has 6 nitrogen and oxygen atoms in total. The molecule has 0 radical (unpaired) electrons. The molecule has 5 aromatic rings. The number of nitrogens with zero attached hydrogens (tertiary/aromatic N) is 4. The van der Waals surface area contributed by atoms with Crippen LogP contribution in [0.2, 0.25) is 0 Å². The molecular formula is C26H18F6N6. The van der Waals surface area contributed by atoms with Gasteiger partial charge in [0.2, 0.25) is 5.95 Å². The third-order valence-corrected chi connectivity index (χ3v) is 5.60. The van der Waals surface area contributed by atoms with Crippen molar-refractivity contribution in [2.24, 2.45) is 0 Å². The lowest BCUT2D eigenvalue weighted by Gasteiger charge is -2.12. The summed E-state index contributed by atoms with van der Waals surface area (Å²) in [6, 6.07) is 18.3. The van der Waals surface area contributed by atoms with Crippen molar-refractivity contribution < 1.29 is 26.3 Å². The summed E-state index contributed by atoms with van der Waals surface area (Å²) in [6.45, 7) is 0.177. The van der Waals surface area contributed by atoms with Crippen molar-refractivity contribution in [1.29, 1.82) is 0 Å². The molecule has 0 aliphatic heterocycles. The van der Waals surface area contributed by atoms with Gasteiger partial charge < -0.3 is 15.2 Å². The van der Waals surface area contributed by atoms with Crippen LogP contribution in [0.3, 0.4) is 0 Å². The van der Waals surface area contributed by atoms with Crippen molar-refractivity contribution in [2.75, 3.05) is 10.6 Å². The third-order valence-electron chi connectivity index (χ3n) is 5.60. The van der Waals surface area contributed by atoms with Crippen LogP contribution in [0.5, 0.6) is 0 Å². The van der Waals surface area contributed by atoms with Crippen molar-refractivity contribution in [2.45, 2.75) is 18.9 Å². The summed E-state index contributed by atoms with van der Waals surface area (Å²) >= 11 is 0. The Kier molecular flexibility index (Phi) is 6.39. The number of rotatable bonds is 6. The fourth-order valence-corrected chi connectivity index (χ4v) is 3.73. The van der Waals surface area contributed by atoms with Gasteiger partial charge in [0.1, 0.15) is 0 Å². The number of halogens is 6. The second kappa shape index (κ2) is 9.69. The van der Waals surface area contributed by atoms with Crippen molar-refractivity contribution in [1.82, 2.24) is 19.5 Å². The number of anilines is 4. The average Bonchev–Trinajstić information content (AvgIpc) is 3.27. The minimum atomic E-state index is -4.47. The first-order chi connectivity index (χ1) is 18.1. The van der Waals surface area contributed by atoms with E-state index in [9.17, 15) is 26.3 Å². The molecule has 2 aromatic heterocycles. The molecule has 5 rings (SSSR count). The van der Waals surface area contributed by atoms with Crippen LogP contribution in [-0.2, 0) is 18.9 Å². The standard InChI is InChI=1S/C26H18F6N6/c27-25(28,29)17-8-6-16(7-9-17)14-38-15-33-21-22(34-19-4-2-1-3-5-19)36-24(37-23(21)38)35-20-12-10-18(11-13-20)26(30,31)32/h1-13,15H,14H2,(H2,34,35,36,37). The lowest BCUT2D eigenvalue weighted by molar-refractivity contribution is -0.138. The number of imidazole rings is 1. The maximum atomic E-state index is 12.9. The van der Waals surface area contributed by atoms with Crippen LogP contribution in [-0.4, -0.2) is 19.5 Å². The SMILES string of the molecule is FC(F)(F)c1ccc(Cn2cnc3c(Nc4ccccc4)nc(Nc4ccc(C(F)(F)F)cc4)nc32)cc1. The van der Waals surface area contributed by atoms with Gasteiger partial charge >= 0.3 is 12.4 Å². The van der Waals surface area contributed by atoms with Gasteiger partial charge in [-0.2, -0.15) is 36.3 Å². The van der Waals surface area contributed by atoms with Crippen LogP contribution in [0.4, 0.5) is 49.5 Å². The zero-order valence-electron chi connectivity index (χ0n) is 19.3. The number of fused-ring (bicyclic) bond motifs is 1. The van der Waals surface area contributed by atoms with E-state index in [0.717, 1.165) is 24.3 Å². The predicted molar refractivity (Wildman–Crippen MR) is 130 cm³/mol. The number of nitrogens with one attached hydrogen (secondary N) is 2. The highest BCUT2D eigenvalue weighted by Crippen LogP contribution is 2.32. The van der Waals surface area contributed by atoms with Crippen LogP contribution in [0, 0.1) is 0 Å². The molecule has 3 aromatic carbocycles. The molecule has 38 heavy (non-hydrogen) atoms. The molecule has 0 fully saturated rings. The van der Waals surface area contributed by atoms with Gasteiger partial charge in [0.25, 0.3) is 0 Å². The highest BCUT2D eigenvalue weighted by atomic mass is 19.4. The molecule has 0 saturated carbocycles. The van der Waals surface area contributed by atoms with Gasteiger partial charge in [0, 0.05) is 11.4 Å². The van der Waals surface area contributed by atoms with Gasteiger partial charge in [-0.25, -0.2) is 4.98 Å². The topological polar surface area (TPSA) is 67.7 Å². The van der Waals surface area contributed by atoms with Crippen LogP contribution >= 0.6 is 0 Å². The molecule has 0 aliphatic rings. The second-order valence-electron chi connectivity index (χ2n) is 8.33. The Hall–Kier alpha value is -4.61. The van der Waals surface area contributed by atoms with E-state index in [1.165, 1.54) is 30.6 Å². The summed E-state index contributed by atoms with van der Waals surface area (Å²) in [6.07, 6.45) is -7.41. The summed E-state index contributed by atoms with van der Waals surface area (Å²) in [4.78, 5) is 13.4. The van der Waals surface area contributed by atoms with Gasteiger partial charge in [0.05, 0.1) is 24.0 Å². The molecule has 0 saturated heterocycles. The van der Waals surface area contributed by atoms with E-state index in [0.29, 0.717) is 33.9 Å². The minimum absolute atomic E-state index is 0.0878. The fourth-order valence-electron chi connectivity index (χ4n) is 3.73. The van der Waals surface area contributed by atoms with E-state index in [1.807, 2.05) is 30.3 Å². The van der Waals surface area contributed by atoms with Crippen LogP contribution in [0.1, 0.15) is 16.7 Å². The van der Waals surface area contributed by atoms with Crippen molar-refractivity contribution in [3.8, 4) is 0 Å². The molecule has 12 heteroatoms. The lowest BCUT2D eigenvalue weighted by Crippen LogP contribution is -2.07. The summed E-state index contributed by atoms with van der Waals surface area (Å²) in [5.74, 6) is 0.423. The van der Waals surface area contributed by atoms with Crippen molar-refractivity contribution in [3.63, 3.8) is 0 Å². The molecule has 194 valence electrons. The van der Waals surface area contributed by atoms with E-state index in [4.69, 9.17) is 0 Å². The van der Waals surface area contributed by atoms with Crippen molar-refractivity contribution in [3.05, 3.63) is 102 Å². The predicted octanol–water partition coefficient (Wildman–Crippen LogP) is 7.40. The second-order valence-corrected chi connectivity index (χ2v) is 8.33. The fraction of sp³-hybridized carbons (Fsp3) is 0.115. The maximum absolute atomic E-state index is 12.9. The van der Waals surface area contributed by atoms with Crippen molar-refractivity contribution >= 4 is 34.3 Å². The molecule has 0 spiro atoms. The van der Waals surface area contributed by atoms with E-state index < -0.39 is 23.5 Å². The van der Waals surface area contributed by atoms with E-state index in [2.05, 4.69) is 25.6 Å². The van der Waals surface area contributed by atoms with E-state index >= 15 is 0 Å². The Morgan fingerprint density at radius 2 is 1.24 bits per heavy atom. The first kappa shape index (κ1) is 25.1. The molecule has 0 unspecified atom stereocenters. The smallest absolute Gasteiger partial charge is 0.338 e. The molecule has 0 aliphatic carbocycles. The number of aromatic nitrogens is 4. The largest absolute Gasteiger partial charge is 0.416 e. The zero-order chi connectivity index (χ0) is 26.9. The average molecular weight is 528 g/mol. The summed E-state index contributed by atoms with van der Waals surface area (Å²) < 4.78 is 79.2. The third kappa shape index (κ3) is 5.53. The van der Waals surface area contributed by atoms with E-state index in [1.54, 1.807) is 4.57 Å². The molecule has 2 heterocycles. The van der Waals surface area contributed by atoms with Gasteiger partial charge in [-0.05, 0) is 54.1 Å². The maximum Gasteiger partial charge on any atom is 0.416 e. The van der Waals surface area contributed by atoms with Gasteiger partial charge in [-0.3, -0.25) is 0 Å². The first-order valence-corrected chi connectivity index (χ1v) is 11.2. The number of hydrogen-bond acceptors (Lipinski definition) is 5. The van der Waals surface area contributed by atoms with Gasteiger partial charge in [-0.15, -0.1) is 0 Å². The molecule has 0 atom stereocenters. The molecule has 0 bridgehead atoms. The number of para-hydroxylation sites is 1. The first-order valence-electron chi connectivity index (χ1n) is 11.2. The zero-order valence-corrected chi connectivity index (χ0v) is 19.3. The number of alkyl halides is 6.